The zero-order valence-corrected chi connectivity index (χ0v) is 18.7. The number of rotatable bonds is 11. The number of carbonyl (C=O) groups excluding carboxylic acids is 1. The Kier molecular flexibility index (Phi) is 10.1. The first-order valence-corrected chi connectivity index (χ1v) is 10.0. The number of benzene rings is 1. The van der Waals surface area contributed by atoms with E-state index in [0.717, 1.165) is 25.9 Å². The van der Waals surface area contributed by atoms with Gasteiger partial charge in [0.2, 0.25) is 5.91 Å². The van der Waals surface area contributed by atoms with Gasteiger partial charge in [0.25, 0.3) is 0 Å². The van der Waals surface area contributed by atoms with Gasteiger partial charge in [-0.2, -0.15) is 0 Å². The van der Waals surface area contributed by atoms with E-state index in [0.29, 0.717) is 12.3 Å². The summed E-state index contributed by atoms with van der Waals surface area (Å²) in [6, 6.07) is 5.95. The fraction of sp³-hybridized carbons (Fsp3) is 0.591. The van der Waals surface area contributed by atoms with Crippen LogP contribution >= 0.6 is 12.4 Å². The number of carbonyl (C=O) groups is 1. The van der Waals surface area contributed by atoms with Crippen molar-refractivity contribution in [3.05, 3.63) is 35.5 Å². The van der Waals surface area contributed by atoms with Crippen LogP contribution in [0.4, 0.5) is 0 Å². The lowest BCUT2D eigenvalue weighted by molar-refractivity contribution is -0.127. The summed E-state index contributed by atoms with van der Waals surface area (Å²) in [6.45, 7) is 5.04. The van der Waals surface area contributed by atoms with Crippen LogP contribution in [0.5, 0.6) is 0 Å². The second-order valence-electron chi connectivity index (χ2n) is 8.17. The van der Waals surface area contributed by atoms with Crippen molar-refractivity contribution in [2.75, 3.05) is 13.7 Å². The zero-order chi connectivity index (χ0) is 20.8. The number of nitrogens with zero attached hydrogens (tertiary/aromatic N) is 1. The lowest BCUT2D eigenvalue weighted by atomic mass is 9.83. The molecule has 0 aliphatic rings. The minimum Gasteiger partial charge on any atom is -0.385 e. The first kappa shape index (κ1) is 25.4. The molecule has 0 saturated carbocycles. The number of hydrogen-bond donors (Lipinski definition) is 3. The molecule has 1 aromatic carbocycles. The molecule has 2 aromatic rings. The molecule has 0 aliphatic carbocycles. The Bertz CT molecular complexity index is 791. The topological polar surface area (TPSA) is 104 Å². The van der Waals surface area contributed by atoms with Crippen molar-refractivity contribution in [3.8, 4) is 0 Å². The summed E-state index contributed by atoms with van der Waals surface area (Å²) in [5.74, 6) is -0.137. The fourth-order valence-corrected chi connectivity index (χ4v) is 3.84. The predicted octanol–water partition coefficient (Wildman–Crippen LogP) is 2.56. The molecule has 7 heteroatoms. The highest BCUT2D eigenvalue weighted by molar-refractivity contribution is 5.85. The van der Waals surface area contributed by atoms with Crippen LogP contribution < -0.4 is 11.5 Å². The van der Waals surface area contributed by atoms with Crippen LogP contribution in [0.15, 0.2) is 24.4 Å². The van der Waals surface area contributed by atoms with Crippen molar-refractivity contribution in [1.29, 1.82) is 0 Å². The summed E-state index contributed by atoms with van der Waals surface area (Å²) in [4.78, 5) is 11.2. The van der Waals surface area contributed by atoms with Gasteiger partial charge in [-0.3, -0.25) is 4.79 Å². The molecule has 1 aromatic heterocycles. The molecule has 3 atom stereocenters. The lowest BCUT2D eigenvalue weighted by Crippen LogP contribution is -2.45. The number of primary amides is 1. The van der Waals surface area contributed by atoms with Gasteiger partial charge in [-0.1, -0.05) is 19.9 Å². The first-order valence-electron chi connectivity index (χ1n) is 10.0. The average Bonchev–Trinajstić information content (AvgIpc) is 2.95. The largest absolute Gasteiger partial charge is 0.385 e. The Labute approximate surface area is 180 Å². The van der Waals surface area contributed by atoms with E-state index in [1.54, 1.807) is 7.11 Å². The molecule has 0 radical (unpaired) electrons. The van der Waals surface area contributed by atoms with Crippen molar-refractivity contribution in [1.82, 2.24) is 4.57 Å². The van der Waals surface area contributed by atoms with Crippen LogP contribution in [-0.2, 0) is 29.4 Å². The summed E-state index contributed by atoms with van der Waals surface area (Å²) in [5, 5.41) is 11.1. The van der Waals surface area contributed by atoms with E-state index in [-0.39, 0.29) is 18.3 Å². The minimum atomic E-state index is -1.30. The van der Waals surface area contributed by atoms with E-state index in [2.05, 4.69) is 49.9 Å². The molecule has 1 amide bonds. The number of fused-ring (bicyclic) bond motifs is 1. The summed E-state index contributed by atoms with van der Waals surface area (Å²) in [7, 11) is 3.80. The SMILES string of the molecule is COCCCc1cn(C)c2ccc(CC(CC(N)C(O)C(N)=O)C(C)C)cc12.Cl. The molecule has 0 bridgehead atoms. The molecule has 2 rings (SSSR count). The molecular weight excluding hydrogens is 390 g/mol. The average molecular weight is 426 g/mol. The van der Waals surface area contributed by atoms with Crippen LogP contribution in [-0.4, -0.2) is 41.4 Å². The number of aromatic nitrogens is 1. The maximum absolute atomic E-state index is 11.2. The van der Waals surface area contributed by atoms with Gasteiger partial charge in [0.05, 0.1) is 0 Å². The highest BCUT2D eigenvalue weighted by Gasteiger charge is 2.25. The molecule has 0 fully saturated rings. The van der Waals surface area contributed by atoms with E-state index in [9.17, 15) is 9.90 Å². The summed E-state index contributed by atoms with van der Waals surface area (Å²) in [5.41, 5.74) is 15.0. The Morgan fingerprint density at radius 2 is 2.00 bits per heavy atom. The van der Waals surface area contributed by atoms with Gasteiger partial charge in [0, 0.05) is 43.9 Å². The predicted molar refractivity (Wildman–Crippen MR) is 120 cm³/mol. The van der Waals surface area contributed by atoms with Gasteiger partial charge in [-0.15, -0.1) is 12.4 Å². The smallest absolute Gasteiger partial charge is 0.247 e. The van der Waals surface area contributed by atoms with Gasteiger partial charge in [-0.25, -0.2) is 0 Å². The van der Waals surface area contributed by atoms with Crippen LogP contribution in [0.2, 0.25) is 0 Å². The standard InChI is InChI=1S/C22H35N3O3.ClH/c1-14(2)17(12-19(23)21(26)22(24)27)10-15-7-8-20-18(11-15)16(13-25(20)3)6-5-9-28-4;/h7-8,11,13-14,17,19,21,26H,5-6,9-10,12,23H2,1-4H3,(H2,24,27);1H. The van der Waals surface area contributed by atoms with Crippen molar-refractivity contribution < 1.29 is 14.6 Å². The molecule has 0 saturated heterocycles. The van der Waals surface area contributed by atoms with Gasteiger partial charge in [0.1, 0.15) is 6.10 Å². The Balaban J connectivity index is 0.00000420. The maximum atomic E-state index is 11.2. The lowest BCUT2D eigenvalue weighted by Gasteiger charge is -2.26. The number of ether oxygens (including phenoxy) is 1. The molecule has 0 aliphatic heterocycles. The van der Waals surface area contributed by atoms with Crippen molar-refractivity contribution in [3.63, 3.8) is 0 Å². The van der Waals surface area contributed by atoms with Gasteiger partial charge >= 0.3 is 0 Å². The second kappa shape index (κ2) is 11.6. The first-order chi connectivity index (χ1) is 13.2. The number of hydrogen-bond acceptors (Lipinski definition) is 4. The normalized spacial score (nSPS) is 14.6. The third-order valence-corrected chi connectivity index (χ3v) is 5.64. The summed E-state index contributed by atoms with van der Waals surface area (Å²) >= 11 is 0. The highest BCUT2D eigenvalue weighted by Crippen LogP contribution is 2.27. The van der Waals surface area contributed by atoms with E-state index in [1.807, 2.05) is 0 Å². The number of halogens is 1. The van der Waals surface area contributed by atoms with Crippen LogP contribution in [0.1, 0.15) is 37.8 Å². The van der Waals surface area contributed by atoms with Crippen LogP contribution in [0.3, 0.4) is 0 Å². The Morgan fingerprint density at radius 1 is 1.31 bits per heavy atom. The molecule has 6 nitrogen and oxygen atoms in total. The van der Waals surface area contributed by atoms with E-state index >= 15 is 0 Å². The number of amides is 1. The van der Waals surface area contributed by atoms with E-state index < -0.39 is 18.1 Å². The minimum absolute atomic E-state index is 0. The fourth-order valence-electron chi connectivity index (χ4n) is 3.84. The highest BCUT2D eigenvalue weighted by atomic mass is 35.5. The maximum Gasteiger partial charge on any atom is 0.247 e. The number of nitrogens with two attached hydrogens (primary N) is 2. The van der Waals surface area contributed by atoms with Gasteiger partial charge in [-0.05, 0) is 60.8 Å². The van der Waals surface area contributed by atoms with Gasteiger partial charge in [0.15, 0.2) is 0 Å². The number of aryl methyl sites for hydroxylation is 2. The molecule has 5 N–H and O–H groups in total. The van der Waals surface area contributed by atoms with E-state index in [4.69, 9.17) is 16.2 Å². The van der Waals surface area contributed by atoms with Crippen LogP contribution in [0, 0.1) is 11.8 Å². The van der Waals surface area contributed by atoms with Crippen molar-refractivity contribution in [2.24, 2.45) is 30.4 Å². The third kappa shape index (κ3) is 6.71. The van der Waals surface area contributed by atoms with E-state index in [1.165, 1.54) is 22.0 Å². The van der Waals surface area contributed by atoms with Gasteiger partial charge < -0.3 is 25.9 Å². The van der Waals surface area contributed by atoms with Crippen LogP contribution in [0.25, 0.3) is 10.9 Å². The number of aliphatic hydroxyl groups is 1. The van der Waals surface area contributed by atoms with Crippen molar-refractivity contribution in [2.45, 2.75) is 51.7 Å². The third-order valence-electron chi connectivity index (χ3n) is 5.64. The molecule has 164 valence electrons. The Morgan fingerprint density at radius 3 is 2.59 bits per heavy atom. The summed E-state index contributed by atoms with van der Waals surface area (Å²) in [6.07, 6.45) is 4.27. The zero-order valence-electron chi connectivity index (χ0n) is 17.9. The second-order valence-corrected chi connectivity index (χ2v) is 8.17. The van der Waals surface area contributed by atoms with Crippen molar-refractivity contribution >= 4 is 29.2 Å². The molecule has 3 unspecified atom stereocenters. The number of aliphatic hydroxyl groups excluding tert-OH is 1. The molecule has 0 spiro atoms. The molecule has 29 heavy (non-hydrogen) atoms. The molecule has 1 heterocycles. The Hall–Kier alpha value is -1.60. The monoisotopic (exact) mass is 425 g/mol. The summed E-state index contributed by atoms with van der Waals surface area (Å²) < 4.78 is 7.35. The quantitative estimate of drug-likeness (QED) is 0.481. The number of methoxy groups -OCH3 is 1. The molecular formula is C22H36ClN3O3.